The van der Waals surface area contributed by atoms with E-state index in [1.54, 1.807) is 12.1 Å². The van der Waals surface area contributed by atoms with Crippen LogP contribution in [0.25, 0.3) is 22.9 Å². The molecule has 0 unspecified atom stereocenters. The zero-order valence-corrected chi connectivity index (χ0v) is 19.6. The van der Waals surface area contributed by atoms with Gasteiger partial charge in [0.15, 0.2) is 0 Å². The second-order valence-electron chi connectivity index (χ2n) is 8.06. The molecule has 0 atom stereocenters. The van der Waals surface area contributed by atoms with Gasteiger partial charge in [-0.3, -0.25) is 0 Å². The number of nitrogens with zero attached hydrogens (tertiary/aromatic N) is 2. The third kappa shape index (κ3) is 5.04. The topological polar surface area (TPSA) is 44.1 Å². The van der Waals surface area contributed by atoms with E-state index in [0.29, 0.717) is 23.0 Å². The van der Waals surface area contributed by atoms with Gasteiger partial charge in [0.25, 0.3) is 0 Å². The molecular weight excluding hydrogens is 482 g/mol. The van der Waals surface area contributed by atoms with Crippen LogP contribution in [0.15, 0.2) is 97.1 Å². The van der Waals surface area contributed by atoms with E-state index < -0.39 is 17.6 Å². The van der Waals surface area contributed by atoms with Gasteiger partial charge >= 0.3 is 5.97 Å². The summed E-state index contributed by atoms with van der Waals surface area (Å²) in [5.41, 5.74) is 2.81. The van der Waals surface area contributed by atoms with Crippen LogP contribution >= 0.6 is 11.6 Å². The first-order chi connectivity index (χ1) is 17.5. The molecule has 0 saturated heterocycles. The molecule has 0 aliphatic rings. The van der Waals surface area contributed by atoms with Gasteiger partial charge < -0.3 is 9.30 Å². The zero-order chi connectivity index (χ0) is 25.1. The first kappa shape index (κ1) is 23.5. The summed E-state index contributed by atoms with van der Waals surface area (Å²) in [4.78, 5) is 17.6. The van der Waals surface area contributed by atoms with Gasteiger partial charge in [-0.15, -0.1) is 0 Å². The fourth-order valence-electron chi connectivity index (χ4n) is 3.87. The van der Waals surface area contributed by atoms with Gasteiger partial charge in [-0.1, -0.05) is 60.1 Å². The van der Waals surface area contributed by atoms with Crippen LogP contribution in [0, 0.1) is 11.6 Å². The number of ether oxygens (including phenoxy) is 1. The van der Waals surface area contributed by atoms with Crippen molar-refractivity contribution < 1.29 is 18.3 Å². The highest BCUT2D eigenvalue weighted by Gasteiger charge is 2.17. The van der Waals surface area contributed by atoms with Gasteiger partial charge in [0.2, 0.25) is 0 Å². The molecule has 0 amide bonds. The highest BCUT2D eigenvalue weighted by atomic mass is 35.5. The van der Waals surface area contributed by atoms with Crippen LogP contribution < -0.4 is 0 Å². The van der Waals surface area contributed by atoms with Crippen molar-refractivity contribution in [2.24, 2.45) is 0 Å². The number of aromatic nitrogens is 2. The van der Waals surface area contributed by atoms with Crippen LogP contribution in [-0.4, -0.2) is 15.5 Å². The SMILES string of the molecule is O=C(OC(=Cc1nc2ccccc2n1Cc1ccccc1Cl)c1cccc(F)c1)c1cccc(F)c1. The number of esters is 1. The number of hydrogen-bond donors (Lipinski definition) is 0. The summed E-state index contributed by atoms with van der Waals surface area (Å²) < 4.78 is 35.4. The molecule has 7 heteroatoms. The van der Waals surface area contributed by atoms with Crippen LogP contribution in [0.5, 0.6) is 0 Å². The van der Waals surface area contributed by atoms with Crippen LogP contribution in [0.2, 0.25) is 5.02 Å². The second kappa shape index (κ2) is 10.1. The number of carbonyl (C=O) groups is 1. The van der Waals surface area contributed by atoms with Gasteiger partial charge in [-0.05, 0) is 54.1 Å². The Hall–Kier alpha value is -4.29. The van der Waals surface area contributed by atoms with E-state index in [9.17, 15) is 13.6 Å². The van der Waals surface area contributed by atoms with Gasteiger partial charge in [0.05, 0.1) is 23.1 Å². The van der Waals surface area contributed by atoms with Crippen LogP contribution in [0.1, 0.15) is 27.3 Å². The molecule has 36 heavy (non-hydrogen) atoms. The first-order valence-electron chi connectivity index (χ1n) is 11.1. The molecule has 0 fully saturated rings. The highest BCUT2D eigenvalue weighted by Crippen LogP contribution is 2.27. The Balaban J connectivity index is 1.63. The predicted octanol–water partition coefficient (Wildman–Crippen LogP) is 7.37. The molecule has 0 spiro atoms. The monoisotopic (exact) mass is 500 g/mol. The molecule has 0 aliphatic heterocycles. The summed E-state index contributed by atoms with van der Waals surface area (Å²) >= 11 is 6.42. The molecule has 5 rings (SSSR count). The van der Waals surface area contributed by atoms with E-state index in [1.165, 1.54) is 36.4 Å². The fraction of sp³-hybridized carbons (Fsp3) is 0.0345. The smallest absolute Gasteiger partial charge is 0.343 e. The molecule has 1 heterocycles. The van der Waals surface area contributed by atoms with E-state index in [0.717, 1.165) is 22.7 Å². The molecule has 5 aromatic rings. The number of benzene rings is 4. The summed E-state index contributed by atoms with van der Waals surface area (Å²) in [5, 5.41) is 0.605. The largest absolute Gasteiger partial charge is 0.422 e. The summed E-state index contributed by atoms with van der Waals surface area (Å²) in [6.45, 7) is 0.403. The normalized spacial score (nSPS) is 11.6. The van der Waals surface area contributed by atoms with Crippen molar-refractivity contribution in [3.63, 3.8) is 0 Å². The summed E-state index contributed by atoms with van der Waals surface area (Å²) in [6.07, 6.45) is 1.57. The standard InChI is InChI=1S/C29H19ClF2N2O2/c30-24-12-2-1-7-21(24)18-34-26-14-4-3-13-25(26)33-28(34)17-27(19-8-5-10-22(31)15-19)36-29(35)20-9-6-11-23(32)16-20/h1-17H,18H2. The van der Waals surface area contributed by atoms with E-state index in [-0.39, 0.29) is 11.3 Å². The molecule has 0 aliphatic carbocycles. The summed E-state index contributed by atoms with van der Waals surface area (Å²) in [5.74, 6) is -1.30. The highest BCUT2D eigenvalue weighted by molar-refractivity contribution is 6.31. The molecule has 0 saturated carbocycles. The lowest BCUT2D eigenvalue weighted by atomic mass is 10.1. The lowest BCUT2D eigenvalue weighted by molar-refractivity contribution is 0.0693. The number of fused-ring (bicyclic) bond motifs is 1. The Morgan fingerprint density at radius 3 is 2.28 bits per heavy atom. The van der Waals surface area contributed by atoms with Gasteiger partial charge in [-0.2, -0.15) is 0 Å². The Bertz CT molecular complexity index is 1610. The number of para-hydroxylation sites is 2. The van der Waals surface area contributed by atoms with Crippen molar-refractivity contribution >= 4 is 40.4 Å². The second-order valence-corrected chi connectivity index (χ2v) is 8.46. The number of halogens is 3. The maximum atomic E-state index is 14.1. The Labute approximate surface area is 211 Å². The lowest BCUT2D eigenvalue weighted by Gasteiger charge is -2.12. The maximum Gasteiger partial charge on any atom is 0.343 e. The Kier molecular flexibility index (Phi) is 6.60. The van der Waals surface area contributed by atoms with Crippen molar-refractivity contribution in [1.29, 1.82) is 0 Å². The average Bonchev–Trinajstić information content (AvgIpc) is 3.22. The molecule has 178 valence electrons. The van der Waals surface area contributed by atoms with Gasteiger partial charge in [0.1, 0.15) is 23.2 Å². The molecule has 0 bridgehead atoms. The third-order valence-corrected chi connectivity index (χ3v) is 5.97. The average molecular weight is 501 g/mol. The Morgan fingerprint density at radius 1 is 0.861 bits per heavy atom. The third-order valence-electron chi connectivity index (χ3n) is 5.60. The zero-order valence-electron chi connectivity index (χ0n) is 18.9. The minimum Gasteiger partial charge on any atom is -0.422 e. The fourth-order valence-corrected chi connectivity index (χ4v) is 4.07. The first-order valence-corrected chi connectivity index (χ1v) is 11.5. The number of carbonyl (C=O) groups excluding carboxylic acids is 1. The van der Waals surface area contributed by atoms with Crippen LogP contribution in [0.4, 0.5) is 8.78 Å². The van der Waals surface area contributed by atoms with E-state index >= 15 is 0 Å². The number of rotatable bonds is 6. The number of imidazole rings is 1. The maximum absolute atomic E-state index is 14.1. The molecule has 1 aromatic heterocycles. The minimum absolute atomic E-state index is 0.0295. The summed E-state index contributed by atoms with van der Waals surface area (Å²) in [7, 11) is 0. The quantitative estimate of drug-likeness (QED) is 0.180. The van der Waals surface area contributed by atoms with Crippen LogP contribution in [0.3, 0.4) is 0 Å². The molecule has 0 N–H and O–H groups in total. The van der Waals surface area contributed by atoms with Gasteiger partial charge in [-0.25, -0.2) is 18.6 Å². The van der Waals surface area contributed by atoms with Crippen molar-refractivity contribution in [2.45, 2.75) is 6.54 Å². The van der Waals surface area contributed by atoms with Crippen molar-refractivity contribution in [3.8, 4) is 0 Å². The molecule has 0 radical (unpaired) electrons. The van der Waals surface area contributed by atoms with E-state index in [4.69, 9.17) is 21.3 Å². The molecule has 4 nitrogen and oxygen atoms in total. The predicted molar refractivity (Wildman–Crippen MR) is 136 cm³/mol. The van der Waals surface area contributed by atoms with E-state index in [2.05, 4.69) is 0 Å². The Morgan fingerprint density at radius 2 is 1.53 bits per heavy atom. The van der Waals surface area contributed by atoms with Crippen LogP contribution in [-0.2, 0) is 11.3 Å². The summed E-state index contributed by atoms with van der Waals surface area (Å²) in [6, 6.07) is 25.9. The number of hydrogen-bond acceptors (Lipinski definition) is 3. The molecule has 4 aromatic carbocycles. The van der Waals surface area contributed by atoms with Crippen molar-refractivity contribution in [2.75, 3.05) is 0 Å². The van der Waals surface area contributed by atoms with Crippen molar-refractivity contribution in [3.05, 3.63) is 136 Å². The molecular formula is C29H19ClF2N2O2. The minimum atomic E-state index is -0.779. The van der Waals surface area contributed by atoms with Gasteiger partial charge in [0, 0.05) is 16.7 Å². The van der Waals surface area contributed by atoms with Crippen molar-refractivity contribution in [1.82, 2.24) is 9.55 Å². The van der Waals surface area contributed by atoms with E-state index in [1.807, 2.05) is 53.1 Å². The lowest BCUT2D eigenvalue weighted by Crippen LogP contribution is -2.07.